The molecule has 0 amide bonds. The Morgan fingerprint density at radius 3 is 1.56 bits per heavy atom. The van der Waals surface area contributed by atoms with Gasteiger partial charge in [0.15, 0.2) is 5.60 Å². The van der Waals surface area contributed by atoms with Gasteiger partial charge in [0.05, 0.1) is 5.41 Å². The van der Waals surface area contributed by atoms with Crippen molar-refractivity contribution in [1.82, 2.24) is 0 Å². The van der Waals surface area contributed by atoms with Crippen LogP contribution >= 0.6 is 0 Å². The molecule has 0 spiro atoms. The van der Waals surface area contributed by atoms with E-state index in [4.69, 9.17) is 10.2 Å². The van der Waals surface area contributed by atoms with E-state index < -0.39 is 28.4 Å². The van der Waals surface area contributed by atoms with E-state index in [9.17, 15) is 19.5 Å². The predicted octanol–water partition coefficient (Wildman–Crippen LogP) is 0.138. The number of hydrogen-bond donors (Lipinski definition) is 3. The zero-order valence-corrected chi connectivity index (χ0v) is 9.64. The monoisotopic (exact) mass is 232 g/mol. The van der Waals surface area contributed by atoms with Crippen LogP contribution in [-0.4, -0.2) is 39.1 Å². The molecular weight excluding hydrogens is 216 g/mol. The summed E-state index contributed by atoms with van der Waals surface area (Å²) in [7, 11) is 0. The second kappa shape index (κ2) is 3.86. The first-order valence-corrected chi connectivity index (χ1v) is 4.60. The number of carboxylic acids is 2. The molecule has 0 aromatic heterocycles. The summed E-state index contributed by atoms with van der Waals surface area (Å²) in [6, 6.07) is 0. The Labute approximate surface area is 92.9 Å². The highest BCUT2D eigenvalue weighted by molar-refractivity contribution is 5.92. The highest BCUT2D eigenvalue weighted by atomic mass is 16.4. The summed E-state index contributed by atoms with van der Waals surface area (Å²) in [5.74, 6) is -3.23. The maximum atomic E-state index is 11.1. The standard InChI is InChI=1S/C10H16O6/c1-8(2,5-11)10(16,7(14)15)9(3,4)6(12)13/h5,16H,1-4H3,(H,12,13)(H,14,15). The first-order valence-electron chi connectivity index (χ1n) is 4.60. The van der Waals surface area contributed by atoms with Gasteiger partial charge in [-0.05, 0) is 27.7 Å². The summed E-state index contributed by atoms with van der Waals surface area (Å²) in [6.45, 7) is 4.49. The van der Waals surface area contributed by atoms with E-state index in [1.807, 2.05) is 0 Å². The molecule has 0 bridgehead atoms. The van der Waals surface area contributed by atoms with Gasteiger partial charge in [0.25, 0.3) is 0 Å². The fourth-order valence-corrected chi connectivity index (χ4v) is 1.59. The quantitative estimate of drug-likeness (QED) is 0.581. The van der Waals surface area contributed by atoms with Gasteiger partial charge in [0, 0.05) is 0 Å². The van der Waals surface area contributed by atoms with E-state index in [2.05, 4.69) is 0 Å². The molecule has 0 heterocycles. The molecule has 3 N–H and O–H groups in total. The van der Waals surface area contributed by atoms with Crippen LogP contribution in [0.2, 0.25) is 0 Å². The third-order valence-corrected chi connectivity index (χ3v) is 2.98. The van der Waals surface area contributed by atoms with Gasteiger partial charge >= 0.3 is 11.9 Å². The van der Waals surface area contributed by atoms with Crippen LogP contribution in [0, 0.1) is 10.8 Å². The van der Waals surface area contributed by atoms with E-state index in [0.29, 0.717) is 0 Å². The van der Waals surface area contributed by atoms with Gasteiger partial charge in [-0.2, -0.15) is 0 Å². The van der Waals surface area contributed by atoms with Gasteiger partial charge in [0.1, 0.15) is 11.7 Å². The van der Waals surface area contributed by atoms with E-state index in [0.717, 1.165) is 13.8 Å². The second-order valence-corrected chi connectivity index (χ2v) is 4.79. The molecule has 92 valence electrons. The number of aliphatic carboxylic acids is 2. The van der Waals surface area contributed by atoms with Crippen molar-refractivity contribution in [3.8, 4) is 0 Å². The predicted molar refractivity (Wildman–Crippen MR) is 53.8 cm³/mol. The number of aliphatic hydroxyl groups is 1. The summed E-state index contributed by atoms with van der Waals surface area (Å²) < 4.78 is 0. The first kappa shape index (κ1) is 14.6. The Kier molecular flexibility index (Phi) is 3.51. The Hall–Kier alpha value is -1.43. The van der Waals surface area contributed by atoms with Crippen LogP contribution in [0.4, 0.5) is 0 Å². The minimum Gasteiger partial charge on any atom is -0.481 e. The van der Waals surface area contributed by atoms with Crippen LogP contribution in [0.25, 0.3) is 0 Å². The fraction of sp³-hybridized carbons (Fsp3) is 0.700. The van der Waals surface area contributed by atoms with Crippen LogP contribution < -0.4 is 0 Å². The highest BCUT2D eigenvalue weighted by Gasteiger charge is 2.63. The van der Waals surface area contributed by atoms with Gasteiger partial charge in [-0.15, -0.1) is 0 Å². The number of hydrogen-bond acceptors (Lipinski definition) is 4. The fourth-order valence-electron chi connectivity index (χ4n) is 1.59. The minimum atomic E-state index is -2.69. The van der Waals surface area contributed by atoms with E-state index in [-0.39, 0.29) is 6.29 Å². The number of carbonyl (C=O) groups excluding carboxylic acids is 1. The third-order valence-electron chi connectivity index (χ3n) is 2.98. The molecule has 0 radical (unpaired) electrons. The van der Waals surface area contributed by atoms with Crippen LogP contribution in [-0.2, 0) is 14.4 Å². The van der Waals surface area contributed by atoms with Crippen molar-refractivity contribution in [2.24, 2.45) is 10.8 Å². The van der Waals surface area contributed by atoms with Crippen molar-refractivity contribution in [1.29, 1.82) is 0 Å². The van der Waals surface area contributed by atoms with Gasteiger partial charge in [0.2, 0.25) is 0 Å². The normalized spacial score (nSPS) is 16.3. The Morgan fingerprint density at radius 1 is 1.00 bits per heavy atom. The molecule has 0 fully saturated rings. The molecular formula is C10H16O6. The van der Waals surface area contributed by atoms with Gasteiger partial charge in [-0.1, -0.05) is 0 Å². The van der Waals surface area contributed by atoms with E-state index in [1.165, 1.54) is 13.8 Å². The van der Waals surface area contributed by atoms with Crippen molar-refractivity contribution in [2.75, 3.05) is 0 Å². The van der Waals surface area contributed by atoms with Gasteiger partial charge in [-0.3, -0.25) is 4.79 Å². The number of aldehydes is 1. The lowest BCUT2D eigenvalue weighted by atomic mass is 9.61. The van der Waals surface area contributed by atoms with Crippen molar-refractivity contribution in [3.05, 3.63) is 0 Å². The lowest BCUT2D eigenvalue weighted by Gasteiger charge is -2.43. The molecule has 0 aliphatic heterocycles. The van der Waals surface area contributed by atoms with Crippen LogP contribution in [0.5, 0.6) is 0 Å². The number of carboxylic acid groups (broad SMARTS) is 2. The number of carbonyl (C=O) groups is 3. The molecule has 6 nitrogen and oxygen atoms in total. The molecule has 1 atom stereocenters. The average Bonchev–Trinajstić information content (AvgIpc) is 2.15. The lowest BCUT2D eigenvalue weighted by molar-refractivity contribution is -0.203. The minimum absolute atomic E-state index is 0.242. The van der Waals surface area contributed by atoms with Crippen molar-refractivity contribution < 1.29 is 29.7 Å². The second-order valence-electron chi connectivity index (χ2n) is 4.79. The number of rotatable bonds is 5. The Morgan fingerprint density at radius 2 is 1.38 bits per heavy atom. The van der Waals surface area contributed by atoms with Gasteiger partial charge < -0.3 is 20.1 Å². The first-order chi connectivity index (χ1) is 6.95. The Balaban J connectivity index is 5.92. The molecule has 0 aliphatic rings. The Bertz CT molecular complexity index is 330. The summed E-state index contributed by atoms with van der Waals surface area (Å²) >= 11 is 0. The zero-order chi connectivity index (χ0) is 13.4. The third kappa shape index (κ3) is 1.69. The average molecular weight is 232 g/mol. The largest absolute Gasteiger partial charge is 0.481 e. The summed E-state index contributed by atoms with van der Waals surface area (Å²) in [6.07, 6.45) is 0.242. The van der Waals surface area contributed by atoms with Crippen molar-refractivity contribution in [2.45, 2.75) is 33.3 Å². The molecule has 6 heteroatoms. The molecule has 1 unspecified atom stereocenters. The SMILES string of the molecule is CC(C)(C=O)C(O)(C(=O)O)C(C)(C)C(=O)O. The summed E-state index contributed by atoms with van der Waals surface area (Å²) in [5.41, 5.74) is -6.41. The van der Waals surface area contributed by atoms with Crippen molar-refractivity contribution in [3.63, 3.8) is 0 Å². The molecule has 0 aliphatic carbocycles. The summed E-state index contributed by atoms with van der Waals surface area (Å²) in [4.78, 5) is 32.9. The zero-order valence-electron chi connectivity index (χ0n) is 9.64. The van der Waals surface area contributed by atoms with Crippen LogP contribution in [0.15, 0.2) is 0 Å². The van der Waals surface area contributed by atoms with E-state index >= 15 is 0 Å². The lowest BCUT2D eigenvalue weighted by Crippen LogP contribution is -2.64. The maximum Gasteiger partial charge on any atom is 0.337 e. The van der Waals surface area contributed by atoms with E-state index in [1.54, 1.807) is 0 Å². The van der Waals surface area contributed by atoms with Gasteiger partial charge in [-0.25, -0.2) is 4.79 Å². The summed E-state index contributed by atoms with van der Waals surface area (Å²) in [5, 5.41) is 28.1. The highest BCUT2D eigenvalue weighted by Crippen LogP contribution is 2.43. The molecule has 16 heavy (non-hydrogen) atoms. The van der Waals surface area contributed by atoms with Crippen molar-refractivity contribution >= 4 is 18.2 Å². The molecule has 0 aromatic rings. The smallest absolute Gasteiger partial charge is 0.337 e. The van der Waals surface area contributed by atoms with Crippen LogP contribution in [0.3, 0.4) is 0 Å². The molecule has 0 aromatic carbocycles. The molecule has 0 rings (SSSR count). The maximum absolute atomic E-state index is 11.1. The molecule has 0 saturated heterocycles. The van der Waals surface area contributed by atoms with Crippen LogP contribution in [0.1, 0.15) is 27.7 Å². The topological polar surface area (TPSA) is 112 Å². The molecule has 0 saturated carbocycles.